The third-order valence-corrected chi connectivity index (χ3v) is 4.08. The van der Waals surface area contributed by atoms with Crippen LogP contribution < -0.4 is 5.32 Å². The van der Waals surface area contributed by atoms with Gasteiger partial charge in [-0.2, -0.15) is 0 Å². The van der Waals surface area contributed by atoms with Crippen molar-refractivity contribution < 1.29 is 9.90 Å². The van der Waals surface area contributed by atoms with Crippen LogP contribution >= 0.6 is 0 Å². The molecule has 0 spiro atoms. The number of hydrogen-bond donors (Lipinski definition) is 2. The van der Waals surface area contributed by atoms with Crippen LogP contribution in [0.15, 0.2) is 0 Å². The van der Waals surface area contributed by atoms with Crippen molar-refractivity contribution in [2.75, 3.05) is 0 Å². The van der Waals surface area contributed by atoms with Gasteiger partial charge in [-0.05, 0) is 19.3 Å². The third kappa shape index (κ3) is 7.56. The number of carbonyl (C=O) groups is 1. The molecule has 1 amide bonds. The molecule has 0 heterocycles. The molecular weight excluding hydrogens is 238 g/mol. The van der Waals surface area contributed by atoms with Crippen molar-refractivity contribution in [2.24, 2.45) is 0 Å². The second kappa shape index (κ2) is 10.2. The molecule has 0 aliphatic heterocycles. The van der Waals surface area contributed by atoms with E-state index in [1.807, 2.05) is 0 Å². The van der Waals surface area contributed by atoms with Gasteiger partial charge >= 0.3 is 0 Å². The van der Waals surface area contributed by atoms with Gasteiger partial charge in [0.2, 0.25) is 5.91 Å². The first kappa shape index (κ1) is 16.5. The highest BCUT2D eigenvalue weighted by Crippen LogP contribution is 2.18. The first-order valence-electron chi connectivity index (χ1n) is 8.21. The van der Waals surface area contributed by atoms with Crippen molar-refractivity contribution >= 4 is 5.91 Å². The van der Waals surface area contributed by atoms with Crippen molar-refractivity contribution in [3.05, 3.63) is 0 Å². The van der Waals surface area contributed by atoms with Crippen molar-refractivity contribution in [3.63, 3.8) is 0 Å². The van der Waals surface area contributed by atoms with Crippen LogP contribution in [0, 0.1) is 0 Å². The maximum atomic E-state index is 11.8. The molecule has 0 bridgehead atoms. The molecule has 0 aromatic heterocycles. The second-order valence-electron chi connectivity index (χ2n) is 5.90. The van der Waals surface area contributed by atoms with Crippen molar-refractivity contribution in [1.82, 2.24) is 5.32 Å². The number of nitrogens with one attached hydrogen (secondary N) is 1. The Balaban J connectivity index is 1.98. The number of amides is 1. The van der Waals surface area contributed by atoms with E-state index < -0.39 is 0 Å². The highest BCUT2D eigenvalue weighted by molar-refractivity contribution is 5.76. The van der Waals surface area contributed by atoms with Crippen LogP contribution in [-0.4, -0.2) is 23.2 Å². The van der Waals surface area contributed by atoms with Gasteiger partial charge in [-0.25, -0.2) is 0 Å². The molecule has 2 atom stereocenters. The largest absolute Gasteiger partial charge is 0.391 e. The molecule has 1 aliphatic rings. The molecular formula is C16H31NO2. The summed E-state index contributed by atoms with van der Waals surface area (Å²) in [5.41, 5.74) is 0. The zero-order valence-corrected chi connectivity index (χ0v) is 12.5. The summed E-state index contributed by atoms with van der Waals surface area (Å²) in [6.07, 6.45) is 12.9. The van der Waals surface area contributed by atoms with E-state index in [0.29, 0.717) is 6.42 Å². The molecule has 1 aliphatic carbocycles. The standard InChI is InChI=1S/C16H31NO2/c1-2-3-4-5-6-7-8-13-16(19)17-14-11-9-10-12-15(14)18/h14-15,18H,2-13H2,1H3,(H,17,19). The van der Waals surface area contributed by atoms with E-state index in [9.17, 15) is 9.90 Å². The summed E-state index contributed by atoms with van der Waals surface area (Å²) in [5, 5.41) is 12.8. The molecule has 1 rings (SSSR count). The maximum Gasteiger partial charge on any atom is 0.220 e. The van der Waals surface area contributed by atoms with Crippen LogP contribution in [0.5, 0.6) is 0 Å². The van der Waals surface area contributed by atoms with Gasteiger partial charge in [-0.1, -0.05) is 58.3 Å². The second-order valence-corrected chi connectivity index (χ2v) is 5.90. The van der Waals surface area contributed by atoms with Gasteiger partial charge < -0.3 is 10.4 Å². The topological polar surface area (TPSA) is 49.3 Å². The zero-order chi connectivity index (χ0) is 13.9. The summed E-state index contributed by atoms with van der Waals surface area (Å²) in [7, 11) is 0. The average molecular weight is 269 g/mol. The lowest BCUT2D eigenvalue weighted by Crippen LogP contribution is -2.44. The summed E-state index contributed by atoms with van der Waals surface area (Å²) in [6, 6.07) is 0.00537. The van der Waals surface area contributed by atoms with Crippen molar-refractivity contribution in [3.8, 4) is 0 Å². The average Bonchev–Trinajstić information content (AvgIpc) is 2.40. The predicted octanol–water partition coefficient (Wildman–Crippen LogP) is 3.55. The first-order chi connectivity index (χ1) is 9.24. The lowest BCUT2D eigenvalue weighted by Gasteiger charge is -2.28. The molecule has 0 saturated heterocycles. The van der Waals surface area contributed by atoms with Gasteiger partial charge in [0, 0.05) is 6.42 Å². The number of unbranched alkanes of at least 4 members (excludes halogenated alkanes) is 6. The monoisotopic (exact) mass is 269 g/mol. The molecule has 112 valence electrons. The van der Waals surface area contributed by atoms with Crippen molar-refractivity contribution in [2.45, 2.75) is 96.1 Å². The Morgan fingerprint density at radius 2 is 1.68 bits per heavy atom. The van der Waals surface area contributed by atoms with E-state index >= 15 is 0 Å². The van der Waals surface area contributed by atoms with Crippen LogP contribution in [0.3, 0.4) is 0 Å². The fraction of sp³-hybridized carbons (Fsp3) is 0.938. The maximum absolute atomic E-state index is 11.8. The highest BCUT2D eigenvalue weighted by atomic mass is 16.3. The van der Waals surface area contributed by atoms with Gasteiger partial charge in [-0.3, -0.25) is 4.79 Å². The summed E-state index contributed by atoms with van der Waals surface area (Å²) in [6.45, 7) is 2.23. The lowest BCUT2D eigenvalue weighted by atomic mass is 9.92. The Morgan fingerprint density at radius 3 is 2.37 bits per heavy atom. The number of aliphatic hydroxyl groups is 1. The molecule has 2 unspecified atom stereocenters. The molecule has 19 heavy (non-hydrogen) atoms. The Bertz CT molecular complexity index is 243. The summed E-state index contributed by atoms with van der Waals surface area (Å²) >= 11 is 0. The van der Waals surface area contributed by atoms with E-state index in [1.54, 1.807) is 0 Å². The summed E-state index contributed by atoms with van der Waals surface area (Å²) in [4.78, 5) is 11.8. The molecule has 1 fully saturated rings. The fourth-order valence-corrected chi connectivity index (χ4v) is 2.80. The Hall–Kier alpha value is -0.570. The minimum Gasteiger partial charge on any atom is -0.391 e. The number of hydrogen-bond acceptors (Lipinski definition) is 2. The normalized spacial score (nSPS) is 23.3. The van der Waals surface area contributed by atoms with E-state index in [2.05, 4.69) is 12.2 Å². The van der Waals surface area contributed by atoms with Gasteiger partial charge in [0.15, 0.2) is 0 Å². The van der Waals surface area contributed by atoms with Gasteiger partial charge in [-0.15, -0.1) is 0 Å². The number of aliphatic hydroxyl groups excluding tert-OH is 1. The van der Waals surface area contributed by atoms with Crippen LogP contribution in [-0.2, 0) is 4.79 Å². The molecule has 0 radical (unpaired) electrons. The minimum atomic E-state index is -0.327. The Kier molecular flexibility index (Phi) is 8.89. The number of rotatable bonds is 9. The fourth-order valence-electron chi connectivity index (χ4n) is 2.80. The summed E-state index contributed by atoms with van der Waals surface area (Å²) in [5.74, 6) is 0.125. The zero-order valence-electron chi connectivity index (χ0n) is 12.5. The van der Waals surface area contributed by atoms with Crippen LogP contribution in [0.25, 0.3) is 0 Å². The molecule has 1 saturated carbocycles. The molecule has 0 aromatic rings. The Morgan fingerprint density at radius 1 is 1.05 bits per heavy atom. The van der Waals surface area contributed by atoms with E-state index in [1.165, 1.54) is 32.1 Å². The third-order valence-electron chi connectivity index (χ3n) is 4.08. The SMILES string of the molecule is CCCCCCCCCC(=O)NC1CCCCC1O. The smallest absolute Gasteiger partial charge is 0.220 e. The van der Waals surface area contributed by atoms with Gasteiger partial charge in [0.05, 0.1) is 12.1 Å². The summed E-state index contributed by atoms with van der Waals surface area (Å²) < 4.78 is 0. The first-order valence-corrected chi connectivity index (χ1v) is 8.21. The van der Waals surface area contributed by atoms with Crippen molar-refractivity contribution in [1.29, 1.82) is 0 Å². The lowest BCUT2D eigenvalue weighted by molar-refractivity contribution is -0.123. The van der Waals surface area contributed by atoms with Gasteiger partial charge in [0.25, 0.3) is 0 Å². The van der Waals surface area contributed by atoms with E-state index in [-0.39, 0.29) is 18.1 Å². The molecule has 0 aromatic carbocycles. The quantitative estimate of drug-likeness (QED) is 0.629. The van der Waals surface area contributed by atoms with E-state index in [0.717, 1.165) is 38.5 Å². The molecule has 3 nitrogen and oxygen atoms in total. The highest BCUT2D eigenvalue weighted by Gasteiger charge is 2.23. The van der Waals surface area contributed by atoms with Gasteiger partial charge in [0.1, 0.15) is 0 Å². The minimum absolute atomic E-state index is 0.00537. The van der Waals surface area contributed by atoms with E-state index in [4.69, 9.17) is 0 Å². The molecule has 2 N–H and O–H groups in total. The predicted molar refractivity (Wildman–Crippen MR) is 79.0 cm³/mol. The molecule has 3 heteroatoms. The Labute approximate surface area is 118 Å². The van der Waals surface area contributed by atoms with Crippen LogP contribution in [0.2, 0.25) is 0 Å². The van der Waals surface area contributed by atoms with Crippen LogP contribution in [0.1, 0.15) is 84.0 Å². The van der Waals surface area contributed by atoms with Crippen LogP contribution in [0.4, 0.5) is 0 Å². The number of carbonyl (C=O) groups excluding carboxylic acids is 1.